The first-order valence-electron chi connectivity index (χ1n) is 10.6. The summed E-state index contributed by atoms with van der Waals surface area (Å²) in [4.78, 5) is 21.8. The number of nitrogens with zero attached hydrogens (tertiary/aromatic N) is 4. The molecule has 1 atom stereocenters. The minimum absolute atomic E-state index is 0.0372. The minimum atomic E-state index is -0.464. The molecule has 160 valence electrons. The monoisotopic (exact) mass is 441 g/mol. The molecule has 5 aromatic rings. The molecule has 0 saturated carbocycles. The maximum absolute atomic E-state index is 13.9. The average Bonchev–Trinajstić information content (AvgIpc) is 3.41. The molecule has 0 fully saturated rings. The average molecular weight is 442 g/mol. The van der Waals surface area contributed by atoms with Crippen molar-refractivity contribution in [1.29, 1.82) is 0 Å². The van der Waals surface area contributed by atoms with Crippen LogP contribution < -0.4 is 0 Å². The predicted molar refractivity (Wildman–Crippen MR) is 127 cm³/mol. The number of Topliss-reactive ketones (excluding diaryl/α,β-unsaturated/α-hetero) is 1. The van der Waals surface area contributed by atoms with Crippen LogP contribution in [0, 0.1) is 13.8 Å². The predicted octanol–water partition coefficient (Wildman–Crippen LogP) is 5.50. The van der Waals surface area contributed by atoms with Crippen LogP contribution in [0.3, 0.4) is 0 Å². The minimum Gasteiger partial charge on any atom is -0.360 e. The van der Waals surface area contributed by atoms with Gasteiger partial charge in [0.05, 0.1) is 0 Å². The quantitative estimate of drug-likeness (QED) is 0.278. The summed E-state index contributed by atoms with van der Waals surface area (Å²) < 4.78 is 1.91. The molecule has 2 aromatic carbocycles. The second-order valence-electron chi connectivity index (χ2n) is 7.79. The van der Waals surface area contributed by atoms with E-state index in [1.54, 1.807) is 0 Å². The van der Waals surface area contributed by atoms with Crippen LogP contribution in [0.2, 0.25) is 0 Å². The van der Waals surface area contributed by atoms with Gasteiger partial charge in [-0.15, -0.1) is 10.2 Å². The van der Waals surface area contributed by atoms with Crippen LogP contribution in [0.5, 0.6) is 0 Å². The van der Waals surface area contributed by atoms with E-state index < -0.39 is 5.25 Å². The lowest BCUT2D eigenvalue weighted by Gasteiger charge is -2.15. The van der Waals surface area contributed by atoms with E-state index in [2.05, 4.69) is 33.2 Å². The summed E-state index contributed by atoms with van der Waals surface area (Å²) >= 11 is 1.41. The Balaban J connectivity index is 1.61. The van der Waals surface area contributed by atoms with Gasteiger partial charge in [0.1, 0.15) is 11.1 Å². The van der Waals surface area contributed by atoms with E-state index in [-0.39, 0.29) is 5.78 Å². The number of aromatic amines is 1. The first-order chi connectivity index (χ1) is 15.6. The number of carbonyl (C=O) groups is 1. The van der Waals surface area contributed by atoms with E-state index >= 15 is 0 Å². The first-order valence-corrected chi connectivity index (χ1v) is 11.5. The number of nitrogens with one attached hydrogen (secondary N) is 1. The van der Waals surface area contributed by atoms with Crippen molar-refractivity contribution in [3.05, 3.63) is 89.0 Å². The van der Waals surface area contributed by atoms with Crippen molar-refractivity contribution in [1.82, 2.24) is 24.6 Å². The highest BCUT2D eigenvalue weighted by Gasteiger charge is 2.28. The first kappa shape index (κ1) is 20.5. The standard InChI is InChI=1S/C25H23N5OS/c1-4-17-11-8-12-19-20(14-26-22(17)19)23(31)24(18-9-6-5-7-10-18)32-25-29-28-21-13-15(2)27-16(3)30(21)25/h5-14,24,26H,4H2,1-3H3. The van der Waals surface area contributed by atoms with E-state index in [9.17, 15) is 4.79 Å². The molecule has 0 bridgehead atoms. The van der Waals surface area contributed by atoms with Crippen molar-refractivity contribution in [3.8, 4) is 0 Å². The maximum Gasteiger partial charge on any atom is 0.198 e. The van der Waals surface area contributed by atoms with Gasteiger partial charge in [-0.1, -0.05) is 67.2 Å². The van der Waals surface area contributed by atoms with Gasteiger partial charge < -0.3 is 4.98 Å². The van der Waals surface area contributed by atoms with Gasteiger partial charge in [0.25, 0.3) is 0 Å². The number of aryl methyl sites for hydroxylation is 3. The number of benzene rings is 2. The summed E-state index contributed by atoms with van der Waals surface area (Å²) in [5.74, 6) is 0.835. The Morgan fingerprint density at radius 1 is 1.09 bits per heavy atom. The van der Waals surface area contributed by atoms with Crippen LogP contribution in [0.25, 0.3) is 16.6 Å². The highest BCUT2D eigenvalue weighted by atomic mass is 32.2. The van der Waals surface area contributed by atoms with Crippen LogP contribution in [-0.2, 0) is 6.42 Å². The number of rotatable bonds is 6. The third-order valence-electron chi connectivity index (χ3n) is 5.67. The summed E-state index contributed by atoms with van der Waals surface area (Å²) in [6.07, 6.45) is 2.74. The van der Waals surface area contributed by atoms with Gasteiger partial charge in [0, 0.05) is 34.4 Å². The Bertz CT molecular complexity index is 1440. The van der Waals surface area contributed by atoms with Crippen molar-refractivity contribution in [2.45, 2.75) is 37.6 Å². The summed E-state index contributed by atoms with van der Waals surface area (Å²) in [7, 11) is 0. The Morgan fingerprint density at radius 3 is 2.69 bits per heavy atom. The molecule has 0 spiro atoms. The molecule has 0 aliphatic rings. The number of thioether (sulfide) groups is 1. The molecule has 0 radical (unpaired) electrons. The Morgan fingerprint density at radius 2 is 1.91 bits per heavy atom. The van der Waals surface area contributed by atoms with E-state index in [4.69, 9.17) is 0 Å². The van der Waals surface area contributed by atoms with Crippen LogP contribution in [0.4, 0.5) is 0 Å². The number of ketones is 1. The van der Waals surface area contributed by atoms with Crippen molar-refractivity contribution in [2.24, 2.45) is 0 Å². The Hall–Kier alpha value is -3.45. The lowest BCUT2D eigenvalue weighted by molar-refractivity contribution is 0.0991. The third kappa shape index (κ3) is 3.48. The molecular formula is C25H23N5OS. The molecule has 0 aliphatic carbocycles. The number of H-pyrrole nitrogens is 1. The zero-order valence-electron chi connectivity index (χ0n) is 18.2. The second-order valence-corrected chi connectivity index (χ2v) is 8.86. The molecule has 3 aromatic heterocycles. The summed E-state index contributed by atoms with van der Waals surface area (Å²) in [6, 6.07) is 17.9. The lowest BCUT2D eigenvalue weighted by Crippen LogP contribution is -2.11. The lowest BCUT2D eigenvalue weighted by atomic mass is 10.0. The summed E-state index contributed by atoms with van der Waals surface area (Å²) in [6.45, 7) is 5.99. The molecule has 0 amide bonds. The van der Waals surface area contributed by atoms with Crippen molar-refractivity contribution < 1.29 is 4.79 Å². The molecule has 1 N–H and O–H groups in total. The number of hydrogen-bond acceptors (Lipinski definition) is 5. The highest BCUT2D eigenvalue weighted by Crippen LogP contribution is 2.39. The topological polar surface area (TPSA) is 75.9 Å². The molecule has 32 heavy (non-hydrogen) atoms. The smallest absolute Gasteiger partial charge is 0.198 e. The Labute approximate surface area is 190 Å². The van der Waals surface area contributed by atoms with Crippen LogP contribution in [0.1, 0.15) is 45.2 Å². The number of aromatic nitrogens is 5. The van der Waals surface area contributed by atoms with Crippen molar-refractivity contribution in [2.75, 3.05) is 0 Å². The Kier molecular flexibility index (Phi) is 5.27. The highest BCUT2D eigenvalue weighted by molar-refractivity contribution is 8.00. The molecule has 3 heterocycles. The molecule has 7 heteroatoms. The van der Waals surface area contributed by atoms with Gasteiger partial charge in [-0.05, 0) is 31.4 Å². The van der Waals surface area contributed by atoms with E-state index in [0.717, 1.165) is 40.1 Å². The molecule has 0 aliphatic heterocycles. The third-order valence-corrected chi connectivity index (χ3v) is 6.87. The van der Waals surface area contributed by atoms with Gasteiger partial charge >= 0.3 is 0 Å². The van der Waals surface area contributed by atoms with Gasteiger partial charge in [0.15, 0.2) is 16.6 Å². The van der Waals surface area contributed by atoms with Gasteiger partial charge in [-0.2, -0.15) is 0 Å². The molecule has 0 saturated heterocycles. The fourth-order valence-corrected chi connectivity index (χ4v) is 5.30. The number of hydrogen-bond donors (Lipinski definition) is 1. The van der Waals surface area contributed by atoms with Crippen molar-refractivity contribution >= 4 is 34.1 Å². The zero-order valence-corrected chi connectivity index (χ0v) is 19.0. The van der Waals surface area contributed by atoms with E-state index in [1.807, 2.05) is 73.0 Å². The van der Waals surface area contributed by atoms with Crippen LogP contribution >= 0.6 is 11.8 Å². The molecule has 1 unspecified atom stereocenters. The summed E-state index contributed by atoms with van der Waals surface area (Å²) in [5.41, 5.74) is 5.47. The number of para-hydroxylation sites is 1. The van der Waals surface area contributed by atoms with Gasteiger partial charge in [-0.25, -0.2) is 4.98 Å². The summed E-state index contributed by atoms with van der Waals surface area (Å²) in [5, 5.41) is 9.85. The maximum atomic E-state index is 13.9. The fraction of sp³-hybridized carbons (Fsp3) is 0.200. The van der Waals surface area contributed by atoms with Crippen LogP contribution in [0.15, 0.2) is 66.0 Å². The largest absolute Gasteiger partial charge is 0.360 e. The number of fused-ring (bicyclic) bond motifs is 2. The van der Waals surface area contributed by atoms with Crippen LogP contribution in [-0.4, -0.2) is 30.3 Å². The van der Waals surface area contributed by atoms with E-state index in [0.29, 0.717) is 10.7 Å². The van der Waals surface area contributed by atoms with E-state index in [1.165, 1.54) is 17.3 Å². The van der Waals surface area contributed by atoms with Gasteiger partial charge in [-0.3, -0.25) is 9.20 Å². The molecule has 5 rings (SSSR count). The normalized spacial score (nSPS) is 12.5. The molecular weight excluding hydrogens is 418 g/mol. The zero-order chi connectivity index (χ0) is 22.2. The van der Waals surface area contributed by atoms with Gasteiger partial charge in [0.2, 0.25) is 0 Å². The SMILES string of the molecule is CCc1cccc2c(C(=O)C(Sc3nnc4cc(C)nc(C)n34)c3ccccc3)c[nH]c12. The number of carbonyl (C=O) groups excluding carboxylic acids is 1. The fourth-order valence-electron chi connectivity index (χ4n) is 4.14. The second kappa shape index (κ2) is 8.24. The molecule has 6 nitrogen and oxygen atoms in total. The van der Waals surface area contributed by atoms with Crippen molar-refractivity contribution in [3.63, 3.8) is 0 Å².